The molecule has 1 aromatic rings. The Hall–Kier alpha value is -2.02. The van der Waals surface area contributed by atoms with Gasteiger partial charge >= 0.3 is 0 Å². The largest absolute Gasteiger partial charge is 0.397 e. The molecule has 21 heavy (non-hydrogen) atoms. The standard InChI is InChI=1S/C14H24N4O3/c1-10(2)18-8-11(15)7-12(18)14(20)17(3)9-13(19)16-5-6-21-4/h7-8,10H,5-6,9,15H2,1-4H3,(H,16,19). The van der Waals surface area contributed by atoms with Crippen molar-refractivity contribution in [2.45, 2.75) is 19.9 Å². The van der Waals surface area contributed by atoms with Crippen molar-refractivity contribution in [1.29, 1.82) is 0 Å². The van der Waals surface area contributed by atoms with E-state index in [1.807, 2.05) is 13.8 Å². The molecule has 0 aliphatic heterocycles. The molecular formula is C14H24N4O3. The van der Waals surface area contributed by atoms with Crippen molar-refractivity contribution in [3.8, 4) is 0 Å². The first-order chi connectivity index (χ1) is 9.86. The Morgan fingerprint density at radius 2 is 2.14 bits per heavy atom. The minimum absolute atomic E-state index is 0.00821. The van der Waals surface area contributed by atoms with Gasteiger partial charge in [-0.2, -0.15) is 0 Å². The molecule has 3 N–H and O–H groups in total. The Balaban J connectivity index is 2.68. The van der Waals surface area contributed by atoms with Crippen LogP contribution in [0.3, 0.4) is 0 Å². The van der Waals surface area contributed by atoms with Gasteiger partial charge in [-0.25, -0.2) is 0 Å². The maximum Gasteiger partial charge on any atom is 0.270 e. The summed E-state index contributed by atoms with van der Waals surface area (Å²) in [6.45, 7) is 4.79. The fourth-order valence-corrected chi connectivity index (χ4v) is 1.93. The molecule has 0 aromatic carbocycles. The lowest BCUT2D eigenvalue weighted by Crippen LogP contribution is -2.40. The highest BCUT2D eigenvalue weighted by atomic mass is 16.5. The van der Waals surface area contributed by atoms with Crippen LogP contribution < -0.4 is 11.1 Å². The van der Waals surface area contributed by atoms with Crippen molar-refractivity contribution < 1.29 is 14.3 Å². The minimum Gasteiger partial charge on any atom is -0.397 e. The van der Waals surface area contributed by atoms with Gasteiger partial charge in [-0.05, 0) is 19.9 Å². The van der Waals surface area contributed by atoms with Crippen molar-refractivity contribution in [1.82, 2.24) is 14.8 Å². The van der Waals surface area contributed by atoms with E-state index in [0.717, 1.165) is 0 Å². The number of nitrogens with zero attached hydrogens (tertiary/aromatic N) is 2. The minimum atomic E-state index is -0.234. The molecule has 0 spiro atoms. The molecule has 1 rings (SSSR count). The number of anilines is 1. The smallest absolute Gasteiger partial charge is 0.270 e. The third kappa shape index (κ3) is 4.78. The Labute approximate surface area is 125 Å². The molecule has 7 nitrogen and oxygen atoms in total. The molecule has 7 heteroatoms. The predicted molar refractivity (Wildman–Crippen MR) is 81.1 cm³/mol. The fourth-order valence-electron chi connectivity index (χ4n) is 1.93. The lowest BCUT2D eigenvalue weighted by atomic mass is 10.3. The van der Waals surface area contributed by atoms with Crippen LogP contribution in [0.2, 0.25) is 0 Å². The average molecular weight is 296 g/mol. The topological polar surface area (TPSA) is 89.6 Å². The van der Waals surface area contributed by atoms with Crippen LogP contribution in [0.25, 0.3) is 0 Å². The zero-order chi connectivity index (χ0) is 16.0. The Bertz CT molecular complexity index is 496. The summed E-state index contributed by atoms with van der Waals surface area (Å²) in [4.78, 5) is 25.5. The van der Waals surface area contributed by atoms with Gasteiger partial charge < -0.3 is 25.3 Å². The van der Waals surface area contributed by atoms with E-state index in [1.54, 1.807) is 31.0 Å². The molecule has 0 unspecified atom stereocenters. The molecule has 1 aromatic heterocycles. The van der Waals surface area contributed by atoms with E-state index in [0.29, 0.717) is 24.5 Å². The number of likely N-dealkylation sites (N-methyl/N-ethyl adjacent to an activating group) is 1. The van der Waals surface area contributed by atoms with E-state index in [-0.39, 0.29) is 24.4 Å². The summed E-state index contributed by atoms with van der Waals surface area (Å²) < 4.78 is 6.65. The summed E-state index contributed by atoms with van der Waals surface area (Å²) in [5.41, 5.74) is 6.77. The summed E-state index contributed by atoms with van der Waals surface area (Å²) in [5, 5.41) is 2.67. The number of aromatic nitrogens is 1. The second kappa shape index (κ2) is 7.68. The molecule has 1 heterocycles. The van der Waals surface area contributed by atoms with Gasteiger partial charge in [0, 0.05) is 32.9 Å². The summed E-state index contributed by atoms with van der Waals surface area (Å²) in [5.74, 6) is -0.458. The zero-order valence-electron chi connectivity index (χ0n) is 13.0. The van der Waals surface area contributed by atoms with E-state index in [4.69, 9.17) is 10.5 Å². The summed E-state index contributed by atoms with van der Waals surface area (Å²) in [6, 6.07) is 1.74. The van der Waals surface area contributed by atoms with E-state index >= 15 is 0 Å². The SMILES string of the molecule is COCCNC(=O)CN(C)C(=O)c1cc(N)cn1C(C)C. The highest BCUT2D eigenvalue weighted by molar-refractivity contribution is 5.96. The Kier molecular flexibility index (Phi) is 6.23. The van der Waals surface area contributed by atoms with Crippen molar-refractivity contribution >= 4 is 17.5 Å². The van der Waals surface area contributed by atoms with Gasteiger partial charge in [0.15, 0.2) is 0 Å². The second-order valence-electron chi connectivity index (χ2n) is 5.16. The number of hydrogen-bond acceptors (Lipinski definition) is 4. The first-order valence-electron chi connectivity index (χ1n) is 6.85. The number of carbonyl (C=O) groups excluding carboxylic acids is 2. The number of amides is 2. The Morgan fingerprint density at radius 3 is 2.71 bits per heavy atom. The lowest BCUT2D eigenvalue weighted by molar-refractivity contribution is -0.121. The molecule has 0 fully saturated rings. The maximum atomic E-state index is 12.4. The average Bonchev–Trinajstić information content (AvgIpc) is 2.80. The zero-order valence-corrected chi connectivity index (χ0v) is 13.0. The van der Waals surface area contributed by atoms with Gasteiger partial charge in [0.05, 0.1) is 18.8 Å². The second-order valence-corrected chi connectivity index (χ2v) is 5.16. The third-order valence-electron chi connectivity index (χ3n) is 3.00. The van der Waals surface area contributed by atoms with Gasteiger partial charge in [0.25, 0.3) is 5.91 Å². The fraction of sp³-hybridized carbons (Fsp3) is 0.571. The highest BCUT2D eigenvalue weighted by Crippen LogP contribution is 2.17. The van der Waals surface area contributed by atoms with Crippen LogP contribution in [0.5, 0.6) is 0 Å². The first kappa shape index (κ1) is 17.0. The van der Waals surface area contributed by atoms with E-state index < -0.39 is 0 Å². The number of ether oxygens (including phenoxy) is 1. The van der Waals surface area contributed by atoms with Crippen LogP contribution in [0.1, 0.15) is 30.4 Å². The number of rotatable bonds is 7. The van der Waals surface area contributed by atoms with Gasteiger partial charge in [-0.3, -0.25) is 9.59 Å². The molecule has 0 saturated carbocycles. The maximum absolute atomic E-state index is 12.4. The summed E-state index contributed by atoms with van der Waals surface area (Å²) in [7, 11) is 3.15. The molecule has 0 aliphatic rings. The number of nitrogen functional groups attached to an aromatic ring is 1. The van der Waals surface area contributed by atoms with Gasteiger partial charge in [0.1, 0.15) is 5.69 Å². The highest BCUT2D eigenvalue weighted by Gasteiger charge is 2.20. The number of methoxy groups -OCH3 is 1. The van der Waals surface area contributed by atoms with Crippen LogP contribution in [0, 0.1) is 0 Å². The van der Waals surface area contributed by atoms with Crippen molar-refractivity contribution in [2.75, 3.05) is 39.6 Å². The number of nitrogens with one attached hydrogen (secondary N) is 1. The van der Waals surface area contributed by atoms with Crippen LogP contribution in [0.15, 0.2) is 12.3 Å². The molecule has 0 bridgehead atoms. The van der Waals surface area contributed by atoms with Gasteiger partial charge in [-0.15, -0.1) is 0 Å². The quantitative estimate of drug-likeness (QED) is 0.716. The molecule has 0 saturated heterocycles. The van der Waals surface area contributed by atoms with Gasteiger partial charge in [0.2, 0.25) is 5.91 Å². The van der Waals surface area contributed by atoms with Crippen molar-refractivity contribution in [3.05, 3.63) is 18.0 Å². The van der Waals surface area contributed by atoms with E-state index in [2.05, 4.69) is 5.32 Å². The number of nitrogens with two attached hydrogens (primary N) is 1. The van der Waals surface area contributed by atoms with Gasteiger partial charge in [-0.1, -0.05) is 0 Å². The number of carbonyl (C=O) groups is 2. The molecule has 0 atom stereocenters. The normalized spacial score (nSPS) is 10.7. The van der Waals surface area contributed by atoms with E-state index in [1.165, 1.54) is 4.90 Å². The molecule has 118 valence electrons. The van der Waals surface area contributed by atoms with Crippen LogP contribution in [0.4, 0.5) is 5.69 Å². The molecular weight excluding hydrogens is 272 g/mol. The van der Waals surface area contributed by atoms with Crippen LogP contribution in [-0.4, -0.2) is 55.1 Å². The number of hydrogen-bond donors (Lipinski definition) is 2. The van der Waals surface area contributed by atoms with Crippen LogP contribution >= 0.6 is 0 Å². The third-order valence-corrected chi connectivity index (χ3v) is 3.00. The predicted octanol–water partition coefficient (Wildman–Crippen LogP) is 0.486. The van der Waals surface area contributed by atoms with Crippen LogP contribution in [-0.2, 0) is 9.53 Å². The van der Waals surface area contributed by atoms with Crippen molar-refractivity contribution in [2.24, 2.45) is 0 Å². The molecule has 0 radical (unpaired) electrons. The summed E-state index contributed by atoms with van der Waals surface area (Å²) >= 11 is 0. The first-order valence-corrected chi connectivity index (χ1v) is 6.85. The molecule has 0 aliphatic carbocycles. The summed E-state index contributed by atoms with van der Waals surface area (Å²) in [6.07, 6.45) is 1.73. The van der Waals surface area contributed by atoms with E-state index in [9.17, 15) is 9.59 Å². The monoisotopic (exact) mass is 296 g/mol. The molecule has 2 amide bonds. The Morgan fingerprint density at radius 1 is 1.48 bits per heavy atom. The lowest BCUT2D eigenvalue weighted by Gasteiger charge is -2.19. The van der Waals surface area contributed by atoms with Crippen molar-refractivity contribution in [3.63, 3.8) is 0 Å².